The van der Waals surface area contributed by atoms with Gasteiger partial charge in [-0.25, -0.2) is 0 Å². The van der Waals surface area contributed by atoms with Crippen LogP contribution < -0.4 is 0 Å². The van der Waals surface area contributed by atoms with Crippen molar-refractivity contribution in [1.82, 2.24) is 0 Å². The van der Waals surface area contributed by atoms with Gasteiger partial charge in [0, 0.05) is 56.4 Å². The monoisotopic (exact) mass is 337 g/mol. The van der Waals surface area contributed by atoms with E-state index >= 15 is 0 Å². The van der Waals surface area contributed by atoms with Gasteiger partial charge in [-0.3, -0.25) is 14.4 Å². The van der Waals surface area contributed by atoms with Crippen LogP contribution in [0.2, 0.25) is 0 Å². The van der Waals surface area contributed by atoms with Gasteiger partial charge in [-0.1, -0.05) is 0 Å². The molecular weight excluding hydrogens is 323 g/mol. The number of hydrogen-bond acceptors (Lipinski definition) is 3. The molecule has 0 aromatic heterocycles. The van der Waals surface area contributed by atoms with Gasteiger partial charge in [-0.05, 0) is 0 Å². The van der Waals surface area contributed by atoms with Crippen LogP contribution in [0, 0.1) is 35.6 Å². The van der Waals surface area contributed by atoms with E-state index in [4.69, 9.17) is 29.7 Å². The first-order valence-electron chi connectivity index (χ1n) is 2.78. The standard InChI is InChI=1S/3C2H4O2.La.H2O/c3*1-2(3)4;;/h3*1H3,(H,3,4);;1H2. The van der Waals surface area contributed by atoms with Gasteiger partial charge in [0.25, 0.3) is 17.9 Å². The van der Waals surface area contributed by atoms with Gasteiger partial charge in [0.2, 0.25) is 0 Å². The summed E-state index contributed by atoms with van der Waals surface area (Å²) in [5.41, 5.74) is 0. The summed E-state index contributed by atoms with van der Waals surface area (Å²) in [5.74, 6) is -2.50. The third-order valence-electron chi connectivity index (χ3n) is 0. The zero-order valence-electron chi connectivity index (χ0n) is 8.14. The fraction of sp³-hybridized carbons (Fsp3) is 0.500. The fourth-order valence-electron chi connectivity index (χ4n) is 0. The first-order valence-corrected chi connectivity index (χ1v) is 2.78. The van der Waals surface area contributed by atoms with Crippen molar-refractivity contribution in [3.63, 3.8) is 0 Å². The maximum Gasteiger partial charge on any atom is 0.300 e. The molecule has 0 amide bonds. The largest absolute Gasteiger partial charge is 0.481 e. The summed E-state index contributed by atoms with van der Waals surface area (Å²) in [6.45, 7) is 3.25. The minimum absolute atomic E-state index is 0. The molecule has 0 aromatic rings. The predicted molar refractivity (Wildman–Crippen MR) is 43.5 cm³/mol. The molecule has 0 aliphatic carbocycles. The molecule has 14 heavy (non-hydrogen) atoms. The Balaban J connectivity index is -0.0000000270. The number of carbonyl (C=O) groups is 3. The van der Waals surface area contributed by atoms with E-state index in [2.05, 4.69) is 0 Å². The molecule has 0 rings (SSSR count). The Morgan fingerprint density at radius 1 is 0.714 bits per heavy atom. The first-order chi connectivity index (χ1) is 5.20. The quantitative estimate of drug-likeness (QED) is 0.541. The van der Waals surface area contributed by atoms with E-state index in [9.17, 15) is 0 Å². The number of carboxylic acid groups (broad SMARTS) is 3. The van der Waals surface area contributed by atoms with Gasteiger partial charge in [-0.15, -0.1) is 0 Å². The van der Waals surface area contributed by atoms with Crippen molar-refractivity contribution >= 4 is 17.9 Å². The predicted octanol–water partition coefficient (Wildman–Crippen LogP) is -0.552. The van der Waals surface area contributed by atoms with Gasteiger partial charge in [0.15, 0.2) is 0 Å². The van der Waals surface area contributed by atoms with Crippen molar-refractivity contribution in [2.45, 2.75) is 20.8 Å². The average Bonchev–Trinajstić information content (AvgIpc) is 1.54. The van der Waals surface area contributed by atoms with Crippen molar-refractivity contribution in [2.24, 2.45) is 0 Å². The molecule has 1 radical (unpaired) electrons. The topological polar surface area (TPSA) is 143 Å². The third kappa shape index (κ3) is 6820. The molecule has 5 N–H and O–H groups in total. The fourth-order valence-corrected chi connectivity index (χ4v) is 0. The van der Waals surface area contributed by atoms with E-state index in [0.29, 0.717) is 0 Å². The van der Waals surface area contributed by atoms with Gasteiger partial charge in [0.05, 0.1) is 0 Å². The van der Waals surface area contributed by atoms with Crippen LogP contribution >= 0.6 is 0 Å². The van der Waals surface area contributed by atoms with Crippen LogP contribution in [0.15, 0.2) is 0 Å². The molecule has 0 aliphatic rings. The molecule has 0 spiro atoms. The average molecular weight is 337 g/mol. The van der Waals surface area contributed by atoms with Gasteiger partial charge in [-0.2, -0.15) is 0 Å². The molecule has 8 heteroatoms. The number of carboxylic acids is 3. The van der Waals surface area contributed by atoms with E-state index in [1.807, 2.05) is 0 Å². The molecular formula is C6H14LaO7. The SMILES string of the molecule is CC(=O)O.CC(=O)O.CC(=O)O.O.[La]. The summed E-state index contributed by atoms with van der Waals surface area (Å²) in [5, 5.41) is 22.2. The molecule has 0 atom stereocenters. The molecule has 83 valence electrons. The Hall–Kier alpha value is -0.435. The van der Waals surface area contributed by atoms with Crippen LogP contribution in [0.5, 0.6) is 0 Å². The van der Waals surface area contributed by atoms with E-state index in [1.54, 1.807) is 0 Å². The Kier molecular flexibility index (Phi) is 47.8. The summed E-state index contributed by atoms with van der Waals surface area (Å²) < 4.78 is 0. The summed E-state index contributed by atoms with van der Waals surface area (Å²) >= 11 is 0. The van der Waals surface area contributed by atoms with Crippen molar-refractivity contribution in [2.75, 3.05) is 0 Å². The summed E-state index contributed by atoms with van der Waals surface area (Å²) in [6, 6.07) is 0. The second-order valence-electron chi connectivity index (χ2n) is 1.56. The van der Waals surface area contributed by atoms with E-state index < -0.39 is 17.9 Å². The second-order valence-corrected chi connectivity index (χ2v) is 1.56. The van der Waals surface area contributed by atoms with Gasteiger partial charge < -0.3 is 20.8 Å². The van der Waals surface area contributed by atoms with Crippen LogP contribution in [0.4, 0.5) is 0 Å². The molecule has 7 nitrogen and oxygen atoms in total. The summed E-state index contributed by atoms with van der Waals surface area (Å²) in [7, 11) is 0. The number of rotatable bonds is 0. The van der Waals surface area contributed by atoms with Crippen LogP contribution in [-0.2, 0) is 14.4 Å². The third-order valence-corrected chi connectivity index (χ3v) is 0. The van der Waals surface area contributed by atoms with Crippen molar-refractivity contribution in [1.29, 1.82) is 0 Å². The normalized spacial score (nSPS) is 5.36. The van der Waals surface area contributed by atoms with Crippen molar-refractivity contribution < 1.29 is 70.8 Å². The minimum atomic E-state index is -0.833. The second kappa shape index (κ2) is 22.9. The van der Waals surface area contributed by atoms with E-state index in [0.717, 1.165) is 20.8 Å². The Morgan fingerprint density at radius 2 is 0.714 bits per heavy atom. The van der Waals surface area contributed by atoms with Crippen LogP contribution in [0.3, 0.4) is 0 Å². The van der Waals surface area contributed by atoms with Gasteiger partial charge >= 0.3 is 0 Å². The zero-order chi connectivity index (χ0) is 10.7. The molecule has 0 unspecified atom stereocenters. The molecule has 0 aliphatic heterocycles. The van der Waals surface area contributed by atoms with Crippen molar-refractivity contribution in [3.05, 3.63) is 0 Å². The Bertz CT molecular complexity index is 116. The summed E-state index contributed by atoms with van der Waals surface area (Å²) in [4.78, 5) is 27.0. The molecule has 0 fully saturated rings. The smallest absolute Gasteiger partial charge is 0.300 e. The van der Waals surface area contributed by atoms with Crippen LogP contribution in [0.1, 0.15) is 20.8 Å². The zero-order valence-corrected chi connectivity index (χ0v) is 11.8. The minimum Gasteiger partial charge on any atom is -0.481 e. The molecule has 0 heterocycles. The number of hydrogen-bond donors (Lipinski definition) is 3. The Labute approximate surface area is 109 Å². The molecule has 0 saturated heterocycles. The molecule has 0 aromatic carbocycles. The number of aliphatic carboxylic acids is 3. The first kappa shape index (κ1) is 29.2. The van der Waals surface area contributed by atoms with Crippen LogP contribution in [-0.4, -0.2) is 38.7 Å². The van der Waals surface area contributed by atoms with Crippen LogP contribution in [0.25, 0.3) is 0 Å². The Morgan fingerprint density at radius 3 is 0.714 bits per heavy atom. The van der Waals surface area contributed by atoms with E-state index in [-0.39, 0.29) is 41.1 Å². The summed E-state index contributed by atoms with van der Waals surface area (Å²) in [6.07, 6.45) is 0. The molecule has 0 saturated carbocycles. The maximum absolute atomic E-state index is 9.00. The van der Waals surface area contributed by atoms with Crippen molar-refractivity contribution in [3.8, 4) is 0 Å². The van der Waals surface area contributed by atoms with E-state index in [1.165, 1.54) is 0 Å². The van der Waals surface area contributed by atoms with Gasteiger partial charge in [0.1, 0.15) is 0 Å². The maximum atomic E-state index is 9.00. The molecule has 0 bridgehead atoms.